The lowest BCUT2D eigenvalue weighted by Crippen LogP contribution is -2.40. The highest BCUT2D eigenvalue weighted by molar-refractivity contribution is 5.66. The Morgan fingerprint density at radius 1 is 1.58 bits per heavy atom. The molecule has 0 amide bonds. The van der Waals surface area contributed by atoms with Crippen molar-refractivity contribution in [2.45, 2.75) is 45.2 Å². The smallest absolute Gasteiger partial charge is 0.303 e. The Morgan fingerprint density at radius 2 is 2.25 bits per heavy atom. The molecule has 0 aromatic carbocycles. The van der Waals surface area contributed by atoms with Gasteiger partial charge in [0.1, 0.15) is 0 Å². The van der Waals surface area contributed by atoms with E-state index in [0.29, 0.717) is 6.42 Å². The summed E-state index contributed by atoms with van der Waals surface area (Å²) in [5.74, 6) is -0.378. The fraction of sp³-hybridized carbons (Fsp3) is 0.875. The Labute approximate surface area is 71.5 Å². The highest BCUT2D eigenvalue weighted by atomic mass is 16.6. The van der Waals surface area contributed by atoms with E-state index in [1.165, 1.54) is 6.92 Å². The van der Waals surface area contributed by atoms with Crippen molar-refractivity contribution in [3.05, 3.63) is 0 Å². The van der Waals surface area contributed by atoms with Gasteiger partial charge in [0, 0.05) is 6.92 Å². The van der Waals surface area contributed by atoms with E-state index in [-0.39, 0.29) is 12.1 Å². The molecule has 0 radical (unpaired) electrons. The van der Waals surface area contributed by atoms with E-state index in [2.05, 4.69) is 0 Å². The summed E-state index contributed by atoms with van der Waals surface area (Å²) in [4.78, 5) is 10.6. The molecule has 12 heavy (non-hydrogen) atoms. The van der Waals surface area contributed by atoms with E-state index in [1.807, 2.05) is 6.92 Å². The lowest BCUT2D eigenvalue weighted by molar-refractivity contribution is -0.223. The number of hydrogen-bond donors (Lipinski definition) is 1. The quantitative estimate of drug-likeness (QED) is 0.586. The first-order chi connectivity index (χ1) is 5.59. The molecule has 1 aliphatic rings. The van der Waals surface area contributed by atoms with Gasteiger partial charge in [0.25, 0.3) is 0 Å². The first-order valence-corrected chi connectivity index (χ1v) is 4.10. The van der Waals surface area contributed by atoms with Crippen molar-refractivity contribution in [3.8, 4) is 0 Å². The molecule has 0 aromatic rings. The van der Waals surface area contributed by atoms with Crippen molar-refractivity contribution in [1.29, 1.82) is 0 Å². The minimum Gasteiger partial charge on any atom is -0.457 e. The predicted molar refractivity (Wildman–Crippen MR) is 41.3 cm³/mol. The number of carbonyl (C=O) groups is 1. The Balaban J connectivity index is 2.39. The molecule has 1 rings (SSSR count). The number of aliphatic hydroxyl groups is 1. The van der Waals surface area contributed by atoms with Gasteiger partial charge in [-0.3, -0.25) is 4.79 Å². The second-order valence-corrected chi connectivity index (χ2v) is 3.06. The fourth-order valence-corrected chi connectivity index (χ4v) is 1.27. The third kappa shape index (κ3) is 2.46. The number of carbonyl (C=O) groups excluding carboxylic acids is 1. The summed E-state index contributed by atoms with van der Waals surface area (Å²) in [7, 11) is 0. The molecule has 1 aliphatic heterocycles. The molecule has 1 saturated heterocycles. The molecule has 4 nitrogen and oxygen atoms in total. The topological polar surface area (TPSA) is 55.8 Å². The van der Waals surface area contributed by atoms with Crippen molar-refractivity contribution in [2.75, 3.05) is 0 Å². The van der Waals surface area contributed by atoms with Gasteiger partial charge in [-0.05, 0) is 19.8 Å². The van der Waals surface area contributed by atoms with Crippen molar-refractivity contribution in [1.82, 2.24) is 0 Å². The Morgan fingerprint density at radius 3 is 2.75 bits per heavy atom. The number of esters is 1. The van der Waals surface area contributed by atoms with Gasteiger partial charge in [0.2, 0.25) is 0 Å². The maximum atomic E-state index is 10.6. The van der Waals surface area contributed by atoms with E-state index < -0.39 is 12.4 Å². The van der Waals surface area contributed by atoms with Crippen LogP contribution < -0.4 is 0 Å². The van der Waals surface area contributed by atoms with Crippen molar-refractivity contribution in [3.63, 3.8) is 0 Å². The fourth-order valence-electron chi connectivity index (χ4n) is 1.27. The lowest BCUT2D eigenvalue weighted by Gasteiger charge is -2.30. The van der Waals surface area contributed by atoms with Gasteiger partial charge in [-0.1, -0.05) is 0 Å². The molecule has 0 saturated carbocycles. The second-order valence-electron chi connectivity index (χ2n) is 3.06. The van der Waals surface area contributed by atoms with Crippen molar-refractivity contribution >= 4 is 5.97 Å². The zero-order valence-electron chi connectivity index (χ0n) is 7.32. The molecule has 1 heterocycles. The number of aliphatic hydroxyl groups excluding tert-OH is 1. The molecule has 2 unspecified atom stereocenters. The van der Waals surface area contributed by atoms with E-state index in [1.54, 1.807) is 0 Å². The van der Waals surface area contributed by atoms with Gasteiger partial charge in [-0.25, -0.2) is 0 Å². The van der Waals surface area contributed by atoms with Crippen LogP contribution in [0.5, 0.6) is 0 Å². The molecule has 70 valence electrons. The van der Waals surface area contributed by atoms with Crippen LogP contribution in [-0.4, -0.2) is 29.6 Å². The molecule has 0 aliphatic carbocycles. The Kier molecular flexibility index (Phi) is 3.05. The summed E-state index contributed by atoms with van der Waals surface area (Å²) >= 11 is 0. The average Bonchev–Trinajstić information content (AvgIpc) is 1.94. The summed E-state index contributed by atoms with van der Waals surface area (Å²) in [6.45, 7) is 3.21. The average molecular weight is 174 g/mol. The van der Waals surface area contributed by atoms with Gasteiger partial charge >= 0.3 is 5.97 Å². The van der Waals surface area contributed by atoms with Gasteiger partial charge in [-0.2, -0.15) is 0 Å². The van der Waals surface area contributed by atoms with E-state index >= 15 is 0 Å². The van der Waals surface area contributed by atoms with Crippen LogP contribution >= 0.6 is 0 Å². The molecule has 0 bridgehead atoms. The Bertz CT molecular complexity index is 168. The molecule has 3 atom stereocenters. The predicted octanol–water partition coefficient (Wildman–Crippen LogP) is 0.435. The van der Waals surface area contributed by atoms with Crippen molar-refractivity contribution in [2.24, 2.45) is 0 Å². The standard InChI is InChI=1S/C8H14O4/c1-5-3-4-7(8(10)11-5)12-6(2)9/h5,7-8,10H,3-4H2,1-2H3/t5-,7?,8?/m0/s1. The van der Waals surface area contributed by atoms with E-state index in [9.17, 15) is 9.90 Å². The summed E-state index contributed by atoms with van der Waals surface area (Å²) in [5.41, 5.74) is 0. The first kappa shape index (κ1) is 9.48. The monoisotopic (exact) mass is 174 g/mol. The SMILES string of the molecule is CC(=O)OC1CC[C@H](C)OC1O. The number of rotatable bonds is 1. The summed E-state index contributed by atoms with van der Waals surface area (Å²) in [5, 5.41) is 9.29. The van der Waals surface area contributed by atoms with Gasteiger partial charge in [-0.15, -0.1) is 0 Å². The molecule has 1 N–H and O–H groups in total. The summed E-state index contributed by atoms with van der Waals surface area (Å²) < 4.78 is 9.92. The molecule has 4 heteroatoms. The van der Waals surface area contributed by atoms with Crippen LogP contribution in [0.25, 0.3) is 0 Å². The minimum atomic E-state index is -0.961. The highest BCUT2D eigenvalue weighted by Crippen LogP contribution is 2.20. The van der Waals surface area contributed by atoms with E-state index in [0.717, 1.165) is 6.42 Å². The lowest BCUT2D eigenvalue weighted by atomic mass is 10.1. The summed E-state index contributed by atoms with van der Waals surface area (Å²) in [6, 6.07) is 0. The van der Waals surface area contributed by atoms with Crippen LogP contribution in [0.4, 0.5) is 0 Å². The zero-order valence-corrected chi connectivity index (χ0v) is 7.32. The van der Waals surface area contributed by atoms with Gasteiger partial charge < -0.3 is 14.6 Å². The van der Waals surface area contributed by atoms with Crippen LogP contribution in [0.2, 0.25) is 0 Å². The maximum absolute atomic E-state index is 10.6. The van der Waals surface area contributed by atoms with Crippen LogP contribution in [0.15, 0.2) is 0 Å². The van der Waals surface area contributed by atoms with E-state index in [4.69, 9.17) is 9.47 Å². The second kappa shape index (κ2) is 3.87. The van der Waals surface area contributed by atoms with Gasteiger partial charge in [0.05, 0.1) is 6.10 Å². The highest BCUT2D eigenvalue weighted by Gasteiger charge is 2.29. The first-order valence-electron chi connectivity index (χ1n) is 4.10. The number of hydrogen-bond acceptors (Lipinski definition) is 4. The molecular formula is C8H14O4. The van der Waals surface area contributed by atoms with Crippen LogP contribution in [0, 0.1) is 0 Å². The zero-order chi connectivity index (χ0) is 9.14. The van der Waals surface area contributed by atoms with Crippen LogP contribution in [0.3, 0.4) is 0 Å². The largest absolute Gasteiger partial charge is 0.457 e. The molecular weight excluding hydrogens is 160 g/mol. The normalized spacial score (nSPS) is 36.1. The molecule has 1 fully saturated rings. The summed E-state index contributed by atoms with van der Waals surface area (Å²) in [6.07, 6.45) is 0.0832. The third-order valence-corrected chi connectivity index (χ3v) is 1.86. The van der Waals surface area contributed by atoms with Crippen LogP contribution in [-0.2, 0) is 14.3 Å². The minimum absolute atomic E-state index is 0.0480. The third-order valence-electron chi connectivity index (χ3n) is 1.86. The number of ether oxygens (including phenoxy) is 2. The molecule has 0 aromatic heterocycles. The molecule has 0 spiro atoms. The Hall–Kier alpha value is -0.610. The van der Waals surface area contributed by atoms with Crippen molar-refractivity contribution < 1.29 is 19.4 Å². The van der Waals surface area contributed by atoms with Crippen LogP contribution in [0.1, 0.15) is 26.7 Å². The van der Waals surface area contributed by atoms with Gasteiger partial charge in [0.15, 0.2) is 12.4 Å². The maximum Gasteiger partial charge on any atom is 0.303 e.